The molecule has 0 aliphatic carbocycles. The third kappa shape index (κ3) is 7.84. The van der Waals surface area contributed by atoms with Crippen molar-refractivity contribution in [2.75, 3.05) is 10.6 Å². The second kappa shape index (κ2) is 19.1. The number of anilines is 4. The molecule has 0 atom stereocenters. The minimum atomic E-state index is 1.04. The Morgan fingerprint density at radius 2 is 0.429 bits per heavy atom. The number of benzene rings is 14. The van der Waals surface area contributed by atoms with Gasteiger partial charge in [-0.15, -0.1) is 0 Å². The molecule has 14 aromatic carbocycles. The highest BCUT2D eigenvalue weighted by molar-refractivity contribution is 6.14. The molecule has 396 valence electrons. The Hall–Kier alpha value is -11.5. The van der Waals surface area contributed by atoms with Gasteiger partial charge in [-0.3, -0.25) is 0 Å². The van der Waals surface area contributed by atoms with Crippen molar-refractivity contribution < 1.29 is 0 Å². The van der Waals surface area contributed by atoms with Crippen molar-refractivity contribution in [3.05, 3.63) is 291 Å². The monoisotopic (exact) mass is 1080 g/mol. The summed E-state index contributed by atoms with van der Waals surface area (Å²) in [6.45, 7) is 0. The Morgan fingerprint density at radius 3 is 0.679 bits per heavy atom. The molecule has 10 aromatic heterocycles. The Labute approximate surface area is 482 Å². The van der Waals surface area contributed by atoms with E-state index >= 15 is 0 Å². The minimum absolute atomic E-state index is 1.04. The first kappa shape index (κ1) is 47.3. The highest BCUT2D eigenvalue weighted by Gasteiger charge is 2.17. The van der Waals surface area contributed by atoms with E-state index in [1.807, 2.05) is 0 Å². The normalized spacial score (nSPS) is 12.0. The van der Waals surface area contributed by atoms with Gasteiger partial charge >= 0.3 is 0 Å². The van der Waals surface area contributed by atoms with Gasteiger partial charge in [0.2, 0.25) is 0 Å². The molecular weight excluding hydrogens is 1020 g/mol. The van der Waals surface area contributed by atoms with E-state index in [-0.39, 0.29) is 0 Å². The van der Waals surface area contributed by atoms with Crippen molar-refractivity contribution in [3.8, 4) is 22.7 Å². The lowest BCUT2D eigenvalue weighted by atomic mass is 10.0. The van der Waals surface area contributed by atoms with Crippen molar-refractivity contribution in [3.63, 3.8) is 0 Å². The Morgan fingerprint density at radius 1 is 0.190 bits per heavy atom. The van der Waals surface area contributed by atoms with E-state index in [0.717, 1.165) is 155 Å². The Balaban J connectivity index is 1.00. The molecule has 0 fully saturated rings. The predicted octanol–water partition coefficient (Wildman–Crippen LogP) is 20.2. The third-order valence-electron chi connectivity index (χ3n) is 16.8. The van der Waals surface area contributed by atoms with Gasteiger partial charge in [0.15, 0.2) is 0 Å². The number of H-pyrrole nitrogens is 2. The van der Waals surface area contributed by atoms with Crippen LogP contribution in [0.25, 0.3) is 132 Å². The fraction of sp³-hybridized carbons (Fsp3) is 0. The second-order valence-electron chi connectivity index (χ2n) is 21.8. The minimum Gasteiger partial charge on any atom is -0.352 e. The highest BCUT2D eigenvalue weighted by atomic mass is 15.0. The summed E-state index contributed by atoms with van der Waals surface area (Å²) in [5.74, 6) is 0. The molecule has 0 spiro atoms. The summed E-state index contributed by atoms with van der Waals surface area (Å²) in [6, 6.07) is 106. The van der Waals surface area contributed by atoms with Crippen LogP contribution in [0.1, 0.15) is 0 Å². The number of aromatic amines is 2. The third-order valence-corrected chi connectivity index (χ3v) is 16.8. The van der Waals surface area contributed by atoms with Crippen LogP contribution in [0.15, 0.2) is 291 Å². The fourth-order valence-corrected chi connectivity index (χ4v) is 13.0. The quantitative estimate of drug-likeness (QED) is 0.142. The van der Waals surface area contributed by atoms with E-state index in [0.29, 0.717) is 0 Å². The van der Waals surface area contributed by atoms with Crippen LogP contribution in [0.3, 0.4) is 0 Å². The Bertz CT molecular complexity index is 4870. The molecule has 12 heterocycles. The molecule has 20 bridgehead atoms. The molecule has 4 N–H and O–H groups in total. The maximum Gasteiger partial charge on any atom is 0.0703 e. The lowest BCUT2D eigenvalue weighted by molar-refractivity contribution is 1.14. The summed E-state index contributed by atoms with van der Waals surface area (Å²) in [4.78, 5) is 7.96. The number of nitrogens with zero attached hydrogens (tertiary/aromatic N) is 4. The lowest BCUT2D eigenvalue weighted by Gasteiger charge is -2.19. The van der Waals surface area contributed by atoms with Crippen molar-refractivity contribution in [1.29, 1.82) is 0 Å². The topological polar surface area (TPSA) is 75.4 Å². The smallest absolute Gasteiger partial charge is 0.0703 e. The van der Waals surface area contributed by atoms with Gasteiger partial charge in [0.1, 0.15) is 0 Å². The van der Waals surface area contributed by atoms with Crippen LogP contribution in [0.4, 0.5) is 22.7 Å². The van der Waals surface area contributed by atoms with Gasteiger partial charge in [-0.05, 0) is 179 Å². The Kier molecular flexibility index (Phi) is 10.8. The molecule has 0 radical (unpaired) electrons. The molecule has 0 amide bonds. The fourth-order valence-electron chi connectivity index (χ4n) is 13.0. The molecule has 8 heteroatoms. The van der Waals surface area contributed by atoms with E-state index in [9.17, 15) is 0 Å². The van der Waals surface area contributed by atoms with E-state index in [2.05, 4.69) is 330 Å². The van der Waals surface area contributed by atoms with Crippen LogP contribution in [0.2, 0.25) is 0 Å². The van der Waals surface area contributed by atoms with Crippen LogP contribution >= 0.6 is 0 Å². The van der Waals surface area contributed by atoms with Gasteiger partial charge < -0.3 is 38.9 Å². The maximum absolute atomic E-state index is 3.98. The van der Waals surface area contributed by atoms with Gasteiger partial charge in [0, 0.05) is 88.4 Å². The van der Waals surface area contributed by atoms with Crippen molar-refractivity contribution in [2.24, 2.45) is 0 Å². The lowest BCUT2D eigenvalue weighted by Crippen LogP contribution is -2.01. The van der Waals surface area contributed by atoms with E-state index in [4.69, 9.17) is 0 Å². The van der Waals surface area contributed by atoms with Gasteiger partial charge in [0.05, 0.1) is 44.8 Å². The zero-order chi connectivity index (χ0) is 55.2. The summed E-state index contributed by atoms with van der Waals surface area (Å²) >= 11 is 0. The van der Waals surface area contributed by atoms with Crippen LogP contribution in [0.5, 0.6) is 0 Å². The number of hydrogen-bond donors (Lipinski definition) is 4. The number of para-hydroxylation sites is 4. The summed E-state index contributed by atoms with van der Waals surface area (Å²) in [6.07, 6.45) is 0. The predicted molar refractivity (Wildman–Crippen MR) is 353 cm³/mol. The van der Waals surface area contributed by atoms with Crippen LogP contribution in [-0.2, 0) is 0 Å². The number of rotatable bonds is 4. The highest BCUT2D eigenvalue weighted by Crippen LogP contribution is 2.40. The molecule has 26 rings (SSSR count). The van der Waals surface area contributed by atoms with Crippen LogP contribution < -0.4 is 10.6 Å². The van der Waals surface area contributed by atoms with Gasteiger partial charge in [-0.25, -0.2) is 0 Å². The molecule has 24 aromatic rings. The first-order valence-electron chi connectivity index (χ1n) is 28.6. The molecule has 0 unspecified atom stereocenters. The van der Waals surface area contributed by atoms with E-state index in [1.165, 1.54) is 0 Å². The molecule has 8 nitrogen and oxygen atoms in total. The largest absolute Gasteiger partial charge is 0.352 e. The summed E-state index contributed by atoms with van der Waals surface area (Å²) < 4.78 is 9.45. The first-order chi connectivity index (χ1) is 41.6. The maximum atomic E-state index is 3.98. The van der Waals surface area contributed by atoms with Crippen molar-refractivity contribution >= 4 is 132 Å². The van der Waals surface area contributed by atoms with E-state index in [1.54, 1.807) is 0 Å². The average molecular weight is 1080 g/mol. The standard InChI is InChI=1S/C76H52N8/c1-5-15-53(16-6-1)81-57-23-13-24-58(47-57)82(54-17-7-2-8-18-54)62-32-36-66-50(44-62)28-40-71-75(66)80-76-68-38-34-64(46-52(68)30-42-72(76)78-71)84(56-21-11-4-12-22-56)60-26-14-25-59(48-60)83(55-19-9-3-10-20-55)63-33-37-67-51(45-63)29-41-70-74(67)79-73-65-35-31-61(81)43-49(65)27-39-69(73)77-70/h1-48,77-80H. The molecule has 0 saturated carbocycles. The van der Waals surface area contributed by atoms with Crippen LogP contribution in [0, 0.1) is 0 Å². The van der Waals surface area contributed by atoms with Crippen molar-refractivity contribution in [1.82, 2.24) is 28.2 Å². The van der Waals surface area contributed by atoms with Gasteiger partial charge in [-0.2, -0.15) is 0 Å². The number of hydrogen-bond acceptors (Lipinski definition) is 2. The van der Waals surface area contributed by atoms with Gasteiger partial charge in [-0.1, -0.05) is 133 Å². The SMILES string of the molecule is c1ccc(-n2c3ccc4c(ccc5c4[nH]c4c(ccc6cc(ccc64)n(-c4ccccc4)c4cccc(c4)n(-c4ccccc4)c4ccc6c(ccc7c6[nH]c6c(ccc8cc(ccc86)n(-c6ccccc6)c6cccc2c6)N7)c4)N5)c3)cc1. The second-order valence-corrected chi connectivity index (χ2v) is 21.8. The molecule has 84 heavy (non-hydrogen) atoms. The summed E-state index contributed by atoms with van der Waals surface area (Å²) in [7, 11) is 0. The van der Waals surface area contributed by atoms with Crippen LogP contribution in [-0.4, -0.2) is 28.2 Å². The van der Waals surface area contributed by atoms with E-state index < -0.39 is 0 Å². The zero-order valence-electron chi connectivity index (χ0n) is 45.5. The molecule has 2 aliphatic rings. The summed E-state index contributed by atoms with van der Waals surface area (Å²) in [5, 5.41) is 16.7. The first-order valence-corrected chi connectivity index (χ1v) is 28.6. The molecule has 2 aliphatic heterocycles. The number of nitrogens with one attached hydrogen (secondary N) is 4. The van der Waals surface area contributed by atoms with Gasteiger partial charge in [0.25, 0.3) is 0 Å². The number of aromatic nitrogens is 6. The molecular formula is C76H52N8. The molecule has 0 saturated heterocycles. The average Bonchev–Trinajstić information content (AvgIpc) is 2.41. The zero-order valence-corrected chi connectivity index (χ0v) is 45.5. The van der Waals surface area contributed by atoms with Crippen molar-refractivity contribution in [2.45, 2.75) is 0 Å². The summed E-state index contributed by atoms with van der Waals surface area (Å²) in [5.41, 5.74) is 21.0.